The Labute approximate surface area is 236 Å². The molecule has 6 nitrogen and oxygen atoms in total. The van der Waals surface area contributed by atoms with Crippen LogP contribution in [0, 0.1) is 0 Å². The summed E-state index contributed by atoms with van der Waals surface area (Å²) in [6.45, 7) is 2.54. The highest BCUT2D eigenvalue weighted by Crippen LogP contribution is 2.37. The zero-order valence-corrected chi connectivity index (χ0v) is 22.6. The Balaban J connectivity index is 1.30. The summed E-state index contributed by atoms with van der Waals surface area (Å²) in [5, 5.41) is 2.31. The minimum absolute atomic E-state index is 0.00508. The molecule has 0 radical (unpaired) electrons. The lowest BCUT2D eigenvalue weighted by molar-refractivity contribution is -0.126. The highest BCUT2D eigenvalue weighted by Gasteiger charge is 2.25. The van der Waals surface area contributed by atoms with Gasteiger partial charge in [0.25, 0.3) is 0 Å². The summed E-state index contributed by atoms with van der Waals surface area (Å²) >= 11 is 12.3. The maximum absolute atomic E-state index is 12.9. The minimum Gasteiger partial charge on any atom is -0.352 e. The van der Waals surface area contributed by atoms with Crippen LogP contribution in [0.25, 0.3) is 33.9 Å². The molecule has 194 valence electrons. The van der Waals surface area contributed by atoms with Crippen LogP contribution < -0.4 is 4.90 Å². The van der Waals surface area contributed by atoms with Gasteiger partial charge in [-0.1, -0.05) is 71.7 Å². The Bertz CT molecular complexity index is 1660. The minimum atomic E-state index is -0.00508. The van der Waals surface area contributed by atoms with Crippen LogP contribution in [0.5, 0.6) is 0 Å². The van der Waals surface area contributed by atoms with E-state index in [0.29, 0.717) is 36.2 Å². The van der Waals surface area contributed by atoms with Crippen molar-refractivity contribution in [1.82, 2.24) is 19.4 Å². The quantitative estimate of drug-likeness (QED) is 0.226. The van der Waals surface area contributed by atoms with Gasteiger partial charge in [0.2, 0.25) is 5.91 Å². The van der Waals surface area contributed by atoms with Gasteiger partial charge in [-0.25, -0.2) is 9.97 Å². The number of carbonyl (C=O) groups is 1. The number of halogens is 2. The summed E-state index contributed by atoms with van der Waals surface area (Å²) in [5.74, 6) is 0.859. The zero-order valence-electron chi connectivity index (χ0n) is 21.0. The van der Waals surface area contributed by atoms with E-state index in [-0.39, 0.29) is 5.91 Å². The number of anilines is 1. The summed E-state index contributed by atoms with van der Waals surface area (Å²) in [6, 6.07) is 25.4. The Kier molecular flexibility index (Phi) is 7.05. The van der Waals surface area contributed by atoms with Crippen molar-refractivity contribution in [3.05, 3.63) is 113 Å². The van der Waals surface area contributed by atoms with E-state index in [0.717, 1.165) is 39.2 Å². The molecule has 6 rings (SSSR count). The van der Waals surface area contributed by atoms with Crippen molar-refractivity contribution in [3.8, 4) is 16.8 Å². The topological polar surface area (TPSA) is 54.3 Å². The molecule has 3 heterocycles. The third-order valence-corrected chi connectivity index (χ3v) is 7.40. The number of amides is 1. The van der Waals surface area contributed by atoms with Crippen molar-refractivity contribution in [2.45, 2.75) is 0 Å². The number of carbonyl (C=O) groups excluding carboxylic acids is 1. The predicted octanol–water partition coefficient (Wildman–Crippen LogP) is 6.76. The number of nitrogens with zero attached hydrogens (tertiary/aromatic N) is 5. The number of aromatic nitrogens is 3. The molecule has 5 aromatic rings. The summed E-state index contributed by atoms with van der Waals surface area (Å²) in [7, 11) is 0. The molecule has 1 fully saturated rings. The van der Waals surface area contributed by atoms with Gasteiger partial charge in [0.05, 0.1) is 5.39 Å². The van der Waals surface area contributed by atoms with Gasteiger partial charge in [0, 0.05) is 59.7 Å². The molecule has 0 spiro atoms. The molecule has 39 heavy (non-hydrogen) atoms. The van der Waals surface area contributed by atoms with Gasteiger partial charge in [-0.3, -0.25) is 4.79 Å². The van der Waals surface area contributed by atoms with Crippen LogP contribution >= 0.6 is 23.2 Å². The van der Waals surface area contributed by atoms with E-state index in [1.165, 1.54) is 0 Å². The Morgan fingerprint density at radius 2 is 1.59 bits per heavy atom. The van der Waals surface area contributed by atoms with Crippen LogP contribution in [0.1, 0.15) is 5.56 Å². The first kappa shape index (κ1) is 25.2. The van der Waals surface area contributed by atoms with Crippen molar-refractivity contribution in [2.75, 3.05) is 31.1 Å². The smallest absolute Gasteiger partial charge is 0.246 e. The highest BCUT2D eigenvalue weighted by molar-refractivity contribution is 6.31. The van der Waals surface area contributed by atoms with Gasteiger partial charge in [-0.05, 0) is 47.5 Å². The third-order valence-electron chi connectivity index (χ3n) is 6.91. The van der Waals surface area contributed by atoms with E-state index in [2.05, 4.69) is 27.8 Å². The SMILES string of the molecule is O=C(/C=C/c1ccc(Cl)cc1)N1CCN(c2ncnc3c2c(-c2ccccc2)cn3-c2cccc(Cl)c2)CC1. The molecule has 1 aliphatic rings. The first-order valence-electron chi connectivity index (χ1n) is 12.7. The third kappa shape index (κ3) is 5.26. The molecule has 1 aliphatic heterocycles. The molecule has 8 heteroatoms. The highest BCUT2D eigenvalue weighted by atomic mass is 35.5. The van der Waals surface area contributed by atoms with Crippen LogP contribution in [-0.4, -0.2) is 51.5 Å². The van der Waals surface area contributed by atoms with Crippen LogP contribution in [0.15, 0.2) is 97.5 Å². The first-order chi connectivity index (χ1) is 19.1. The average molecular weight is 554 g/mol. The number of rotatable bonds is 5. The van der Waals surface area contributed by atoms with Crippen LogP contribution in [0.4, 0.5) is 5.82 Å². The second kappa shape index (κ2) is 10.9. The predicted molar refractivity (Wildman–Crippen MR) is 159 cm³/mol. The van der Waals surface area contributed by atoms with E-state index in [1.54, 1.807) is 12.4 Å². The normalized spacial score (nSPS) is 13.9. The average Bonchev–Trinajstić information content (AvgIpc) is 3.37. The van der Waals surface area contributed by atoms with E-state index in [1.807, 2.05) is 77.7 Å². The summed E-state index contributed by atoms with van der Waals surface area (Å²) in [6.07, 6.45) is 7.16. The Morgan fingerprint density at radius 3 is 2.33 bits per heavy atom. The monoisotopic (exact) mass is 553 g/mol. The number of hydrogen-bond donors (Lipinski definition) is 0. The number of hydrogen-bond acceptors (Lipinski definition) is 4. The van der Waals surface area contributed by atoms with Gasteiger partial charge in [-0.2, -0.15) is 0 Å². The molecule has 0 saturated carbocycles. The van der Waals surface area contributed by atoms with Crippen molar-refractivity contribution >= 4 is 52.0 Å². The Hall–Kier alpha value is -4.13. The molecule has 0 atom stereocenters. The van der Waals surface area contributed by atoms with Gasteiger partial charge in [-0.15, -0.1) is 0 Å². The van der Waals surface area contributed by atoms with Crippen LogP contribution in [-0.2, 0) is 4.79 Å². The molecule has 0 unspecified atom stereocenters. The van der Waals surface area contributed by atoms with Gasteiger partial charge in [0.15, 0.2) is 5.65 Å². The molecule has 2 aromatic heterocycles. The summed E-state index contributed by atoms with van der Waals surface area (Å²) in [5.41, 5.74) is 4.81. The molecular formula is C31H25Cl2N5O. The second-order valence-electron chi connectivity index (χ2n) is 9.35. The molecule has 0 bridgehead atoms. The molecule has 3 aromatic carbocycles. The number of piperazine rings is 1. The van der Waals surface area contributed by atoms with Crippen molar-refractivity contribution in [1.29, 1.82) is 0 Å². The fraction of sp³-hybridized carbons (Fsp3) is 0.129. The van der Waals surface area contributed by atoms with E-state index in [4.69, 9.17) is 33.2 Å². The maximum atomic E-state index is 12.9. The standard InChI is InChI=1S/C31H25Cl2N5O/c32-24-12-9-22(10-13-24)11-14-28(39)36-15-17-37(18-16-36)30-29-27(23-5-2-1-3-6-23)20-38(31(29)35-21-34-30)26-8-4-7-25(33)19-26/h1-14,19-21H,15-18H2/b14-11+. The fourth-order valence-electron chi connectivity index (χ4n) is 4.93. The zero-order chi connectivity index (χ0) is 26.8. The van der Waals surface area contributed by atoms with E-state index >= 15 is 0 Å². The van der Waals surface area contributed by atoms with E-state index in [9.17, 15) is 4.79 Å². The molecule has 0 aliphatic carbocycles. The Morgan fingerprint density at radius 1 is 0.821 bits per heavy atom. The van der Waals surface area contributed by atoms with Gasteiger partial charge < -0.3 is 14.4 Å². The van der Waals surface area contributed by atoms with Crippen LogP contribution in [0.3, 0.4) is 0 Å². The summed E-state index contributed by atoms with van der Waals surface area (Å²) < 4.78 is 2.07. The largest absolute Gasteiger partial charge is 0.352 e. The van der Waals surface area contributed by atoms with E-state index < -0.39 is 0 Å². The van der Waals surface area contributed by atoms with Crippen LogP contribution in [0.2, 0.25) is 10.0 Å². The number of benzene rings is 3. The lowest BCUT2D eigenvalue weighted by Crippen LogP contribution is -2.48. The number of fused-ring (bicyclic) bond motifs is 1. The van der Waals surface area contributed by atoms with Crippen molar-refractivity contribution in [3.63, 3.8) is 0 Å². The first-order valence-corrected chi connectivity index (χ1v) is 13.5. The second-order valence-corrected chi connectivity index (χ2v) is 10.2. The summed E-state index contributed by atoms with van der Waals surface area (Å²) in [4.78, 5) is 26.4. The maximum Gasteiger partial charge on any atom is 0.246 e. The van der Waals surface area contributed by atoms with Crippen molar-refractivity contribution in [2.24, 2.45) is 0 Å². The lowest BCUT2D eigenvalue weighted by Gasteiger charge is -2.35. The molecule has 1 amide bonds. The van der Waals surface area contributed by atoms with Gasteiger partial charge in [0.1, 0.15) is 12.1 Å². The van der Waals surface area contributed by atoms with Gasteiger partial charge >= 0.3 is 0 Å². The molecular weight excluding hydrogens is 529 g/mol. The molecule has 0 N–H and O–H groups in total. The molecule has 1 saturated heterocycles. The fourth-order valence-corrected chi connectivity index (χ4v) is 5.24. The van der Waals surface area contributed by atoms with Crippen molar-refractivity contribution < 1.29 is 4.79 Å². The lowest BCUT2D eigenvalue weighted by atomic mass is 10.1.